The smallest absolute Gasteiger partial charge is 0.226 e. The molecule has 18 heavy (non-hydrogen) atoms. The van der Waals surface area contributed by atoms with Gasteiger partial charge in [0.1, 0.15) is 0 Å². The van der Waals surface area contributed by atoms with Gasteiger partial charge in [-0.05, 0) is 12.8 Å². The van der Waals surface area contributed by atoms with Crippen LogP contribution in [0.2, 0.25) is 0 Å². The SMILES string of the molecule is CCCCCCC(=O)NC(=O)CCCCCC.Cl. The van der Waals surface area contributed by atoms with Crippen LogP contribution in [-0.4, -0.2) is 11.8 Å². The summed E-state index contributed by atoms with van der Waals surface area (Å²) < 4.78 is 0. The van der Waals surface area contributed by atoms with Gasteiger partial charge >= 0.3 is 0 Å². The molecule has 3 nitrogen and oxygen atoms in total. The molecule has 0 aromatic heterocycles. The topological polar surface area (TPSA) is 46.2 Å². The minimum Gasteiger partial charge on any atom is -0.296 e. The van der Waals surface area contributed by atoms with Gasteiger partial charge in [0.15, 0.2) is 0 Å². The van der Waals surface area contributed by atoms with Crippen LogP contribution in [0.4, 0.5) is 0 Å². The fraction of sp³-hybridized carbons (Fsp3) is 0.857. The van der Waals surface area contributed by atoms with Gasteiger partial charge in [-0.1, -0.05) is 52.4 Å². The minimum absolute atomic E-state index is 0. The van der Waals surface area contributed by atoms with Crippen molar-refractivity contribution in [2.24, 2.45) is 0 Å². The third-order valence-corrected chi connectivity index (χ3v) is 2.79. The van der Waals surface area contributed by atoms with E-state index >= 15 is 0 Å². The van der Waals surface area contributed by atoms with Crippen molar-refractivity contribution in [3.63, 3.8) is 0 Å². The van der Waals surface area contributed by atoms with Gasteiger partial charge in [-0.15, -0.1) is 12.4 Å². The van der Waals surface area contributed by atoms with Crippen LogP contribution in [-0.2, 0) is 9.59 Å². The summed E-state index contributed by atoms with van der Waals surface area (Å²) in [5.74, 6) is -0.219. The number of imide groups is 1. The fourth-order valence-electron chi connectivity index (χ4n) is 1.71. The van der Waals surface area contributed by atoms with E-state index in [1.54, 1.807) is 0 Å². The molecule has 0 aliphatic rings. The van der Waals surface area contributed by atoms with Crippen LogP contribution in [0, 0.1) is 0 Å². The van der Waals surface area contributed by atoms with E-state index in [1.165, 1.54) is 0 Å². The molecule has 0 rings (SSSR count). The summed E-state index contributed by atoms with van der Waals surface area (Å²) >= 11 is 0. The molecule has 0 atom stereocenters. The summed E-state index contributed by atoms with van der Waals surface area (Å²) in [6.45, 7) is 4.28. The predicted octanol–water partition coefficient (Wildman–Crippen LogP) is 3.99. The first kappa shape index (κ1) is 19.8. The summed E-state index contributed by atoms with van der Waals surface area (Å²) in [6, 6.07) is 0. The van der Waals surface area contributed by atoms with Crippen LogP contribution < -0.4 is 5.32 Å². The normalized spacial score (nSPS) is 9.67. The second kappa shape index (κ2) is 14.5. The maximum Gasteiger partial charge on any atom is 0.226 e. The Bertz CT molecular complexity index is 198. The highest BCUT2D eigenvalue weighted by Crippen LogP contribution is 2.04. The summed E-state index contributed by atoms with van der Waals surface area (Å²) in [7, 11) is 0. The molecule has 0 saturated carbocycles. The lowest BCUT2D eigenvalue weighted by Gasteiger charge is -2.03. The molecular formula is C14H28ClNO2. The summed E-state index contributed by atoms with van der Waals surface area (Å²) in [6.07, 6.45) is 9.57. The van der Waals surface area contributed by atoms with Crippen molar-refractivity contribution in [3.8, 4) is 0 Å². The third-order valence-electron chi connectivity index (χ3n) is 2.79. The van der Waals surface area contributed by atoms with Crippen LogP contribution >= 0.6 is 12.4 Å². The molecule has 108 valence electrons. The van der Waals surface area contributed by atoms with Crippen LogP contribution in [0.25, 0.3) is 0 Å². The Morgan fingerprint density at radius 1 is 0.722 bits per heavy atom. The summed E-state index contributed by atoms with van der Waals surface area (Å²) in [5.41, 5.74) is 0. The Hall–Kier alpha value is -0.570. The zero-order valence-corrected chi connectivity index (χ0v) is 12.6. The lowest BCUT2D eigenvalue weighted by Crippen LogP contribution is -2.29. The highest BCUT2D eigenvalue weighted by molar-refractivity contribution is 5.95. The van der Waals surface area contributed by atoms with Gasteiger partial charge in [-0.3, -0.25) is 14.9 Å². The van der Waals surface area contributed by atoms with Crippen LogP contribution in [0.15, 0.2) is 0 Å². The number of carbonyl (C=O) groups is 2. The number of hydrogen-bond donors (Lipinski definition) is 1. The van der Waals surface area contributed by atoms with Crippen molar-refractivity contribution < 1.29 is 9.59 Å². The molecule has 0 aliphatic heterocycles. The van der Waals surface area contributed by atoms with Crippen molar-refractivity contribution in [2.45, 2.75) is 78.1 Å². The molecule has 0 aromatic carbocycles. The van der Waals surface area contributed by atoms with E-state index in [0.29, 0.717) is 12.8 Å². The molecule has 0 unspecified atom stereocenters. The van der Waals surface area contributed by atoms with Gasteiger partial charge in [0.25, 0.3) is 0 Å². The van der Waals surface area contributed by atoms with Crippen molar-refractivity contribution in [2.75, 3.05) is 0 Å². The number of halogens is 1. The molecule has 0 heterocycles. The number of unbranched alkanes of at least 4 members (excludes halogenated alkanes) is 6. The first-order valence-electron chi connectivity index (χ1n) is 7.03. The van der Waals surface area contributed by atoms with Crippen molar-refractivity contribution in [1.82, 2.24) is 5.32 Å². The van der Waals surface area contributed by atoms with Crippen LogP contribution in [0.3, 0.4) is 0 Å². The highest BCUT2D eigenvalue weighted by atomic mass is 35.5. The lowest BCUT2D eigenvalue weighted by molar-refractivity contribution is -0.130. The van der Waals surface area contributed by atoms with Gasteiger partial charge in [-0.2, -0.15) is 0 Å². The lowest BCUT2D eigenvalue weighted by atomic mass is 10.1. The monoisotopic (exact) mass is 277 g/mol. The molecule has 0 aromatic rings. The Kier molecular flexibility index (Phi) is 15.9. The van der Waals surface area contributed by atoms with E-state index in [0.717, 1.165) is 51.4 Å². The molecule has 0 spiro atoms. The first-order chi connectivity index (χ1) is 8.20. The Morgan fingerprint density at radius 3 is 1.44 bits per heavy atom. The van der Waals surface area contributed by atoms with Gasteiger partial charge in [-0.25, -0.2) is 0 Å². The molecule has 0 radical (unpaired) electrons. The zero-order chi connectivity index (χ0) is 12.9. The molecular weight excluding hydrogens is 250 g/mol. The molecule has 4 heteroatoms. The number of amides is 2. The number of rotatable bonds is 10. The van der Waals surface area contributed by atoms with Gasteiger partial charge < -0.3 is 0 Å². The highest BCUT2D eigenvalue weighted by Gasteiger charge is 2.06. The largest absolute Gasteiger partial charge is 0.296 e. The van der Waals surface area contributed by atoms with E-state index in [9.17, 15) is 9.59 Å². The molecule has 0 saturated heterocycles. The average Bonchev–Trinajstić information content (AvgIpc) is 2.30. The third kappa shape index (κ3) is 13.5. The second-order valence-electron chi connectivity index (χ2n) is 4.59. The molecule has 0 fully saturated rings. The van der Waals surface area contributed by atoms with Crippen molar-refractivity contribution in [3.05, 3.63) is 0 Å². The quantitative estimate of drug-likeness (QED) is 0.614. The van der Waals surface area contributed by atoms with Crippen LogP contribution in [0.1, 0.15) is 78.1 Å². The second-order valence-corrected chi connectivity index (χ2v) is 4.59. The van der Waals surface area contributed by atoms with Gasteiger partial charge in [0.2, 0.25) is 11.8 Å². The van der Waals surface area contributed by atoms with Crippen LogP contribution in [0.5, 0.6) is 0 Å². The van der Waals surface area contributed by atoms with E-state index < -0.39 is 0 Å². The number of nitrogens with one attached hydrogen (secondary N) is 1. The van der Waals surface area contributed by atoms with E-state index in [4.69, 9.17) is 0 Å². The molecule has 2 amide bonds. The molecule has 0 bridgehead atoms. The maximum atomic E-state index is 11.4. The molecule has 0 aliphatic carbocycles. The Balaban J connectivity index is 0. The van der Waals surface area contributed by atoms with Gasteiger partial charge in [0, 0.05) is 12.8 Å². The summed E-state index contributed by atoms with van der Waals surface area (Å²) in [4.78, 5) is 22.7. The predicted molar refractivity (Wildman–Crippen MR) is 77.9 cm³/mol. The molecule has 1 N–H and O–H groups in total. The Labute approximate surface area is 118 Å². The number of hydrogen-bond acceptors (Lipinski definition) is 2. The van der Waals surface area contributed by atoms with Crippen molar-refractivity contribution >= 4 is 24.2 Å². The van der Waals surface area contributed by atoms with Crippen molar-refractivity contribution in [1.29, 1.82) is 0 Å². The zero-order valence-electron chi connectivity index (χ0n) is 11.8. The van der Waals surface area contributed by atoms with E-state index in [1.807, 2.05) is 0 Å². The summed E-state index contributed by atoms with van der Waals surface area (Å²) in [5, 5.41) is 2.46. The van der Waals surface area contributed by atoms with E-state index in [-0.39, 0.29) is 24.2 Å². The maximum absolute atomic E-state index is 11.4. The average molecular weight is 278 g/mol. The van der Waals surface area contributed by atoms with E-state index in [2.05, 4.69) is 19.2 Å². The first-order valence-corrected chi connectivity index (χ1v) is 7.03. The standard InChI is InChI=1S/C14H27NO2.ClH/c1-3-5-7-9-11-13(16)15-14(17)12-10-8-6-4-2;/h3-12H2,1-2H3,(H,15,16,17);1H. The number of carbonyl (C=O) groups excluding carboxylic acids is 2. The van der Waals surface area contributed by atoms with Gasteiger partial charge in [0.05, 0.1) is 0 Å². The fourth-order valence-corrected chi connectivity index (χ4v) is 1.71. The Morgan fingerprint density at radius 2 is 1.11 bits per heavy atom. The minimum atomic E-state index is -0.110.